The van der Waals surface area contributed by atoms with Crippen molar-refractivity contribution in [3.8, 4) is 0 Å². The van der Waals surface area contributed by atoms with E-state index in [0.29, 0.717) is 11.6 Å². The monoisotopic (exact) mass is 298 g/mol. The van der Waals surface area contributed by atoms with E-state index in [9.17, 15) is 0 Å². The lowest BCUT2D eigenvalue weighted by Crippen LogP contribution is -2.66. The fourth-order valence-electron chi connectivity index (χ4n) is 4.03. The fraction of sp³-hybridized carbons (Fsp3) is 1.00. The SMILES string of the molecule is CCC(C)C1CN(CCCSC)C2(CCCCC2)CN1. The van der Waals surface area contributed by atoms with Crippen molar-refractivity contribution in [1.29, 1.82) is 0 Å². The molecule has 1 saturated carbocycles. The summed E-state index contributed by atoms with van der Waals surface area (Å²) in [5.74, 6) is 2.12. The Bertz CT molecular complexity index is 276. The Morgan fingerprint density at radius 3 is 2.70 bits per heavy atom. The lowest BCUT2D eigenvalue weighted by molar-refractivity contribution is 0.000836. The van der Waals surface area contributed by atoms with Crippen LogP contribution >= 0.6 is 11.8 Å². The zero-order valence-electron chi connectivity index (χ0n) is 13.8. The minimum Gasteiger partial charge on any atom is -0.311 e. The minimum atomic E-state index is 0.501. The second-order valence-electron chi connectivity index (χ2n) is 6.95. The number of rotatable bonds is 6. The molecule has 118 valence electrons. The number of hydrogen-bond donors (Lipinski definition) is 1. The molecular weight excluding hydrogens is 264 g/mol. The van der Waals surface area contributed by atoms with Crippen LogP contribution in [-0.2, 0) is 0 Å². The van der Waals surface area contributed by atoms with Crippen LogP contribution in [0.2, 0.25) is 0 Å². The summed E-state index contributed by atoms with van der Waals surface area (Å²) < 4.78 is 0. The van der Waals surface area contributed by atoms with E-state index in [1.165, 1.54) is 70.3 Å². The first-order chi connectivity index (χ1) is 9.72. The van der Waals surface area contributed by atoms with Gasteiger partial charge in [-0.05, 0) is 43.7 Å². The molecule has 20 heavy (non-hydrogen) atoms. The van der Waals surface area contributed by atoms with Crippen molar-refractivity contribution < 1.29 is 0 Å². The van der Waals surface area contributed by atoms with Gasteiger partial charge in [-0.1, -0.05) is 39.5 Å². The van der Waals surface area contributed by atoms with E-state index >= 15 is 0 Å². The van der Waals surface area contributed by atoms with Gasteiger partial charge in [0, 0.05) is 24.7 Å². The van der Waals surface area contributed by atoms with Gasteiger partial charge in [0.25, 0.3) is 0 Å². The Hall–Kier alpha value is 0.270. The molecule has 1 heterocycles. The van der Waals surface area contributed by atoms with E-state index in [1.54, 1.807) is 0 Å². The molecule has 2 unspecified atom stereocenters. The average molecular weight is 299 g/mol. The summed E-state index contributed by atoms with van der Waals surface area (Å²) in [5, 5.41) is 3.90. The van der Waals surface area contributed by atoms with Crippen LogP contribution < -0.4 is 5.32 Å². The number of hydrogen-bond acceptors (Lipinski definition) is 3. The number of nitrogens with zero attached hydrogens (tertiary/aromatic N) is 1. The highest BCUT2D eigenvalue weighted by atomic mass is 32.2. The Kier molecular flexibility index (Phi) is 6.70. The van der Waals surface area contributed by atoms with Gasteiger partial charge in [0.05, 0.1) is 0 Å². The van der Waals surface area contributed by atoms with Gasteiger partial charge in [-0.25, -0.2) is 0 Å². The highest BCUT2D eigenvalue weighted by Gasteiger charge is 2.42. The lowest BCUT2D eigenvalue weighted by atomic mass is 9.77. The van der Waals surface area contributed by atoms with E-state index in [1.807, 2.05) is 11.8 Å². The standard InChI is InChI=1S/C17H34N2S/c1-4-15(2)16-13-19(11-8-12-20-3)17(14-18-16)9-6-5-7-10-17/h15-16,18H,4-14H2,1-3H3. The van der Waals surface area contributed by atoms with E-state index in [2.05, 4.69) is 30.3 Å². The van der Waals surface area contributed by atoms with Gasteiger partial charge in [0.2, 0.25) is 0 Å². The van der Waals surface area contributed by atoms with E-state index in [4.69, 9.17) is 0 Å². The molecule has 0 bridgehead atoms. The molecule has 0 amide bonds. The molecule has 3 heteroatoms. The molecular formula is C17H34N2S. The number of nitrogens with one attached hydrogen (secondary N) is 1. The topological polar surface area (TPSA) is 15.3 Å². The van der Waals surface area contributed by atoms with Crippen molar-refractivity contribution in [3.63, 3.8) is 0 Å². The van der Waals surface area contributed by atoms with Gasteiger partial charge in [-0.3, -0.25) is 4.90 Å². The van der Waals surface area contributed by atoms with Crippen molar-refractivity contribution in [2.45, 2.75) is 70.4 Å². The Morgan fingerprint density at radius 1 is 1.30 bits per heavy atom. The van der Waals surface area contributed by atoms with Crippen LogP contribution in [0.25, 0.3) is 0 Å². The van der Waals surface area contributed by atoms with Gasteiger partial charge in [-0.2, -0.15) is 11.8 Å². The first-order valence-electron chi connectivity index (χ1n) is 8.69. The van der Waals surface area contributed by atoms with Crippen LogP contribution in [0.15, 0.2) is 0 Å². The predicted octanol–water partition coefficient (Wildman–Crippen LogP) is 3.76. The van der Waals surface area contributed by atoms with Crippen LogP contribution in [0, 0.1) is 5.92 Å². The van der Waals surface area contributed by atoms with Gasteiger partial charge in [0.15, 0.2) is 0 Å². The third-order valence-corrected chi connectivity index (χ3v) is 6.37. The normalized spacial score (nSPS) is 28.6. The molecule has 0 aromatic rings. The summed E-state index contributed by atoms with van der Waals surface area (Å²) in [6.45, 7) is 8.58. The fourth-order valence-corrected chi connectivity index (χ4v) is 4.44. The zero-order chi connectivity index (χ0) is 14.4. The van der Waals surface area contributed by atoms with Crippen LogP contribution in [0.3, 0.4) is 0 Å². The molecule has 0 aromatic carbocycles. The largest absolute Gasteiger partial charge is 0.311 e. The summed E-state index contributed by atoms with van der Waals surface area (Å²) in [7, 11) is 0. The summed E-state index contributed by atoms with van der Waals surface area (Å²) in [4.78, 5) is 2.88. The molecule has 1 aliphatic heterocycles. The summed E-state index contributed by atoms with van der Waals surface area (Å²) in [5.41, 5.74) is 0.501. The maximum Gasteiger partial charge on any atom is 0.0334 e. The molecule has 2 aliphatic rings. The van der Waals surface area contributed by atoms with Gasteiger partial charge in [0.1, 0.15) is 0 Å². The Morgan fingerprint density at radius 2 is 2.05 bits per heavy atom. The molecule has 2 rings (SSSR count). The molecule has 2 atom stereocenters. The van der Waals surface area contributed by atoms with Gasteiger partial charge < -0.3 is 5.32 Å². The average Bonchev–Trinajstić information content (AvgIpc) is 2.49. The quantitative estimate of drug-likeness (QED) is 0.752. The second kappa shape index (κ2) is 8.05. The zero-order valence-corrected chi connectivity index (χ0v) is 14.6. The molecule has 0 radical (unpaired) electrons. The maximum atomic E-state index is 3.90. The van der Waals surface area contributed by atoms with Crippen LogP contribution in [0.1, 0.15) is 58.8 Å². The smallest absolute Gasteiger partial charge is 0.0334 e. The molecule has 2 nitrogen and oxygen atoms in total. The van der Waals surface area contributed by atoms with Crippen molar-refractivity contribution in [2.24, 2.45) is 5.92 Å². The molecule has 1 saturated heterocycles. The van der Waals surface area contributed by atoms with Gasteiger partial charge >= 0.3 is 0 Å². The highest BCUT2D eigenvalue weighted by molar-refractivity contribution is 7.98. The number of piperazine rings is 1. The molecule has 1 spiro atoms. The maximum absolute atomic E-state index is 3.90. The number of thioether (sulfide) groups is 1. The van der Waals surface area contributed by atoms with Crippen molar-refractivity contribution in [2.75, 3.05) is 31.6 Å². The van der Waals surface area contributed by atoms with E-state index in [-0.39, 0.29) is 0 Å². The third kappa shape index (κ3) is 3.92. The summed E-state index contributed by atoms with van der Waals surface area (Å²) in [6.07, 6.45) is 12.1. The minimum absolute atomic E-state index is 0.501. The summed E-state index contributed by atoms with van der Waals surface area (Å²) in [6, 6.07) is 0.710. The van der Waals surface area contributed by atoms with Crippen molar-refractivity contribution in [1.82, 2.24) is 10.2 Å². The Labute approximate surface area is 130 Å². The molecule has 1 aliphatic carbocycles. The summed E-state index contributed by atoms with van der Waals surface area (Å²) >= 11 is 1.99. The van der Waals surface area contributed by atoms with E-state index in [0.717, 1.165) is 5.92 Å². The third-order valence-electron chi connectivity index (χ3n) is 5.67. The van der Waals surface area contributed by atoms with Crippen molar-refractivity contribution in [3.05, 3.63) is 0 Å². The first kappa shape index (κ1) is 16.6. The highest BCUT2D eigenvalue weighted by Crippen LogP contribution is 2.36. The molecule has 1 N–H and O–H groups in total. The molecule has 0 aromatic heterocycles. The Balaban J connectivity index is 1.99. The first-order valence-corrected chi connectivity index (χ1v) is 10.1. The van der Waals surface area contributed by atoms with Crippen LogP contribution in [0.4, 0.5) is 0 Å². The van der Waals surface area contributed by atoms with Crippen LogP contribution in [-0.4, -0.2) is 48.1 Å². The molecule has 2 fully saturated rings. The van der Waals surface area contributed by atoms with Crippen molar-refractivity contribution >= 4 is 11.8 Å². The lowest BCUT2D eigenvalue weighted by Gasteiger charge is -2.53. The van der Waals surface area contributed by atoms with Gasteiger partial charge in [-0.15, -0.1) is 0 Å². The second-order valence-corrected chi connectivity index (χ2v) is 7.94. The predicted molar refractivity (Wildman–Crippen MR) is 91.6 cm³/mol. The van der Waals surface area contributed by atoms with Crippen LogP contribution in [0.5, 0.6) is 0 Å². The van der Waals surface area contributed by atoms with E-state index < -0.39 is 0 Å².